The van der Waals surface area contributed by atoms with E-state index in [1.165, 1.54) is 0 Å². The molecule has 1 heterocycles. The molecule has 5 nitrogen and oxygen atoms in total. The van der Waals surface area contributed by atoms with Crippen LogP contribution in [0.4, 0.5) is 0 Å². The topological polar surface area (TPSA) is 72.8 Å². The third-order valence-electron chi connectivity index (χ3n) is 7.40. The van der Waals surface area contributed by atoms with Crippen LogP contribution in [-0.4, -0.2) is 35.4 Å². The van der Waals surface area contributed by atoms with Gasteiger partial charge in [0.15, 0.2) is 0 Å². The molecule has 3 aliphatic rings. The van der Waals surface area contributed by atoms with E-state index in [-0.39, 0.29) is 36.5 Å². The lowest BCUT2D eigenvalue weighted by Crippen LogP contribution is -2.46. The molecule has 1 saturated carbocycles. The van der Waals surface area contributed by atoms with Crippen molar-refractivity contribution in [1.29, 1.82) is 0 Å². The van der Waals surface area contributed by atoms with E-state index >= 15 is 0 Å². The summed E-state index contributed by atoms with van der Waals surface area (Å²) < 4.78 is 11.6. The summed E-state index contributed by atoms with van der Waals surface area (Å²) in [6.07, 6.45) is 9.01. The summed E-state index contributed by atoms with van der Waals surface area (Å²) in [6, 6.07) is 0. The highest BCUT2D eigenvalue weighted by atomic mass is 16.5. The molecule has 0 spiro atoms. The number of cyclic esters (lactones) is 1. The van der Waals surface area contributed by atoms with E-state index in [0.717, 1.165) is 32.1 Å². The fourth-order valence-electron chi connectivity index (χ4n) is 5.59. The lowest BCUT2D eigenvalue weighted by molar-refractivity contribution is -0.166. The van der Waals surface area contributed by atoms with Crippen molar-refractivity contribution in [2.45, 2.75) is 91.0 Å². The molecule has 9 atom stereocenters. The van der Waals surface area contributed by atoms with Crippen LogP contribution in [0.1, 0.15) is 72.6 Å². The summed E-state index contributed by atoms with van der Waals surface area (Å²) in [5, 5.41) is 9.90. The first-order valence-corrected chi connectivity index (χ1v) is 11.5. The van der Waals surface area contributed by atoms with Gasteiger partial charge in [-0.05, 0) is 55.8 Å². The Hall–Kier alpha value is -1.36. The Kier molecular flexibility index (Phi) is 7.42. The van der Waals surface area contributed by atoms with Crippen molar-refractivity contribution in [1.82, 2.24) is 0 Å². The van der Waals surface area contributed by atoms with Crippen LogP contribution in [-0.2, 0) is 19.1 Å². The molecule has 0 aromatic carbocycles. The van der Waals surface area contributed by atoms with E-state index in [1.807, 2.05) is 13.8 Å². The summed E-state index contributed by atoms with van der Waals surface area (Å²) in [5.74, 6) is 1.66. The van der Waals surface area contributed by atoms with Crippen molar-refractivity contribution in [3.05, 3.63) is 12.2 Å². The molecule has 0 amide bonds. The molecule has 0 aromatic heterocycles. The molecular formula is C24H38O5. The van der Waals surface area contributed by atoms with Crippen molar-refractivity contribution in [3.8, 4) is 0 Å². The van der Waals surface area contributed by atoms with Crippen LogP contribution in [0.15, 0.2) is 12.2 Å². The lowest BCUT2D eigenvalue weighted by Gasteiger charge is -2.47. The van der Waals surface area contributed by atoms with Gasteiger partial charge >= 0.3 is 11.9 Å². The van der Waals surface area contributed by atoms with Crippen molar-refractivity contribution in [2.24, 2.45) is 35.5 Å². The van der Waals surface area contributed by atoms with E-state index in [0.29, 0.717) is 36.0 Å². The van der Waals surface area contributed by atoms with Crippen molar-refractivity contribution >= 4 is 11.9 Å². The summed E-state index contributed by atoms with van der Waals surface area (Å²) >= 11 is 0. The second kappa shape index (κ2) is 9.63. The van der Waals surface area contributed by atoms with E-state index in [2.05, 4.69) is 26.0 Å². The van der Waals surface area contributed by atoms with Crippen molar-refractivity contribution in [3.63, 3.8) is 0 Å². The quantitative estimate of drug-likeness (QED) is 0.527. The summed E-state index contributed by atoms with van der Waals surface area (Å²) in [6.45, 7) is 8.46. The Labute approximate surface area is 175 Å². The Morgan fingerprint density at radius 2 is 2.00 bits per heavy atom. The minimum Gasteiger partial charge on any atom is -0.462 e. The highest BCUT2D eigenvalue weighted by molar-refractivity contribution is 5.72. The predicted octanol–water partition coefficient (Wildman–Crippen LogP) is 4.28. The monoisotopic (exact) mass is 406 g/mol. The van der Waals surface area contributed by atoms with Gasteiger partial charge in [-0.25, -0.2) is 0 Å². The van der Waals surface area contributed by atoms with Crippen molar-refractivity contribution in [2.75, 3.05) is 0 Å². The normalized spacial score (nSPS) is 40.7. The maximum Gasteiger partial charge on any atom is 0.308 e. The van der Waals surface area contributed by atoms with Gasteiger partial charge in [0.1, 0.15) is 12.2 Å². The van der Waals surface area contributed by atoms with Gasteiger partial charge in [0.05, 0.1) is 18.4 Å². The Morgan fingerprint density at radius 3 is 2.69 bits per heavy atom. The van der Waals surface area contributed by atoms with Gasteiger partial charge in [0, 0.05) is 12.3 Å². The molecule has 3 rings (SSSR count). The van der Waals surface area contributed by atoms with E-state index in [1.54, 1.807) is 0 Å². The summed E-state index contributed by atoms with van der Waals surface area (Å²) in [7, 11) is 0. The summed E-state index contributed by atoms with van der Waals surface area (Å²) in [5.41, 5.74) is 0. The number of carbonyl (C=O) groups is 2. The van der Waals surface area contributed by atoms with E-state index in [4.69, 9.17) is 9.47 Å². The first-order valence-electron chi connectivity index (χ1n) is 11.5. The maximum absolute atomic E-state index is 12.6. The molecule has 0 radical (unpaired) electrons. The van der Waals surface area contributed by atoms with E-state index in [9.17, 15) is 14.7 Å². The minimum absolute atomic E-state index is 0.0397. The van der Waals surface area contributed by atoms with Crippen molar-refractivity contribution < 1.29 is 24.2 Å². The second-order valence-electron chi connectivity index (χ2n) is 9.79. The zero-order chi connectivity index (χ0) is 21.1. The number of fused-ring (bicyclic) bond motifs is 1. The van der Waals surface area contributed by atoms with Crippen LogP contribution in [0, 0.1) is 35.5 Å². The molecule has 0 unspecified atom stereocenters. The Morgan fingerprint density at radius 1 is 1.24 bits per heavy atom. The number of esters is 2. The lowest BCUT2D eigenvalue weighted by atomic mass is 9.60. The number of carbonyl (C=O) groups excluding carboxylic acids is 2. The predicted molar refractivity (Wildman–Crippen MR) is 111 cm³/mol. The van der Waals surface area contributed by atoms with Gasteiger partial charge in [-0.15, -0.1) is 0 Å². The van der Waals surface area contributed by atoms with Gasteiger partial charge in [-0.2, -0.15) is 0 Å². The molecule has 164 valence electrons. The number of ether oxygens (including phenoxy) is 2. The smallest absolute Gasteiger partial charge is 0.308 e. The van der Waals surface area contributed by atoms with Gasteiger partial charge < -0.3 is 14.6 Å². The molecule has 0 aromatic rings. The standard InChI is InChI=1S/C24H38O5/c1-5-15(3)24(27)29-21-11-14(2)10-17-7-6-16(4)20(23(17)21)9-8-19-12-18(25)13-22(26)28-19/h6-7,14-21,23,25H,5,8-13H2,1-4H3/t14-,15-,16-,17-,18+,19+,20-,21+,23+/m0/s1. The molecule has 1 N–H and O–H groups in total. The third-order valence-corrected chi connectivity index (χ3v) is 7.40. The minimum atomic E-state index is -0.586. The number of aliphatic hydroxyl groups is 1. The molecule has 0 bridgehead atoms. The second-order valence-corrected chi connectivity index (χ2v) is 9.79. The SMILES string of the molecule is CC[C@H](C)C(=O)O[C@@H]1C[C@@H](C)C[C@@H]2C=C[C@H](C)[C@H](CC[C@@H]3C[C@@H](O)CC(=O)O3)[C@@H]21. The summed E-state index contributed by atoms with van der Waals surface area (Å²) in [4.78, 5) is 24.2. The molecule has 1 saturated heterocycles. The molecule has 1 aliphatic heterocycles. The number of rotatable bonds is 6. The molecular weight excluding hydrogens is 368 g/mol. The highest BCUT2D eigenvalue weighted by Crippen LogP contribution is 2.48. The molecule has 5 heteroatoms. The average molecular weight is 407 g/mol. The first kappa shape index (κ1) is 22.3. The van der Waals surface area contributed by atoms with Crippen LogP contribution >= 0.6 is 0 Å². The van der Waals surface area contributed by atoms with Crippen LogP contribution in [0.2, 0.25) is 0 Å². The van der Waals surface area contributed by atoms with Crippen LogP contribution < -0.4 is 0 Å². The van der Waals surface area contributed by atoms with Gasteiger partial charge in [0.2, 0.25) is 0 Å². The first-order chi connectivity index (χ1) is 13.8. The fraction of sp³-hybridized carbons (Fsp3) is 0.833. The van der Waals surface area contributed by atoms with Crippen LogP contribution in [0.3, 0.4) is 0 Å². The largest absolute Gasteiger partial charge is 0.462 e. The Balaban J connectivity index is 1.71. The maximum atomic E-state index is 12.6. The third kappa shape index (κ3) is 5.42. The van der Waals surface area contributed by atoms with Gasteiger partial charge in [0.25, 0.3) is 0 Å². The molecule has 2 aliphatic carbocycles. The zero-order valence-electron chi connectivity index (χ0n) is 18.4. The number of hydrogen-bond acceptors (Lipinski definition) is 5. The Bertz CT molecular complexity index is 614. The average Bonchev–Trinajstić information content (AvgIpc) is 2.65. The van der Waals surface area contributed by atoms with Gasteiger partial charge in [-0.1, -0.05) is 39.8 Å². The zero-order valence-corrected chi connectivity index (χ0v) is 18.4. The number of allylic oxidation sites excluding steroid dienone is 2. The molecule has 2 fully saturated rings. The van der Waals surface area contributed by atoms with Gasteiger partial charge in [-0.3, -0.25) is 9.59 Å². The highest BCUT2D eigenvalue weighted by Gasteiger charge is 2.45. The van der Waals surface area contributed by atoms with Crippen LogP contribution in [0.5, 0.6) is 0 Å². The van der Waals surface area contributed by atoms with Crippen LogP contribution in [0.25, 0.3) is 0 Å². The number of hydrogen-bond donors (Lipinski definition) is 1. The molecule has 29 heavy (non-hydrogen) atoms. The number of aliphatic hydroxyl groups excluding tert-OH is 1. The van der Waals surface area contributed by atoms with E-state index < -0.39 is 6.10 Å². The fourth-order valence-corrected chi connectivity index (χ4v) is 5.59.